The fourth-order valence-corrected chi connectivity index (χ4v) is 2.58. The van der Waals surface area contributed by atoms with Crippen LogP contribution in [0.15, 0.2) is 18.3 Å². The van der Waals surface area contributed by atoms with Crippen LogP contribution in [-0.4, -0.2) is 29.5 Å². The summed E-state index contributed by atoms with van der Waals surface area (Å²) in [5.74, 6) is 1.02. The molecule has 1 aromatic rings. The zero-order valence-electron chi connectivity index (χ0n) is 10.9. The Bertz CT molecular complexity index is 351. The molecule has 1 atom stereocenters. The van der Waals surface area contributed by atoms with E-state index in [0.29, 0.717) is 6.04 Å². The third-order valence-corrected chi connectivity index (χ3v) is 3.69. The fourth-order valence-electron chi connectivity index (χ4n) is 2.58. The van der Waals surface area contributed by atoms with Gasteiger partial charge in [-0.05, 0) is 32.4 Å². The van der Waals surface area contributed by atoms with Gasteiger partial charge in [-0.1, -0.05) is 18.9 Å². The zero-order valence-corrected chi connectivity index (χ0v) is 10.9. The molecular formula is C14H23N3. The van der Waals surface area contributed by atoms with Crippen LogP contribution in [0.25, 0.3) is 0 Å². The predicted octanol–water partition coefficient (Wildman–Crippen LogP) is 2.89. The van der Waals surface area contributed by atoms with Crippen molar-refractivity contribution in [1.29, 1.82) is 0 Å². The molecule has 2 heterocycles. The molecule has 1 aliphatic heterocycles. The van der Waals surface area contributed by atoms with E-state index < -0.39 is 0 Å². The molecule has 3 nitrogen and oxygen atoms in total. The average molecular weight is 233 g/mol. The van der Waals surface area contributed by atoms with E-state index in [1.807, 2.05) is 19.3 Å². The molecule has 3 heteroatoms. The Morgan fingerprint density at radius 1 is 1.41 bits per heavy atom. The number of rotatable bonds is 3. The van der Waals surface area contributed by atoms with E-state index in [9.17, 15) is 0 Å². The highest BCUT2D eigenvalue weighted by Crippen LogP contribution is 2.21. The fraction of sp³-hybridized carbons (Fsp3) is 0.643. The normalized spacial score (nSPS) is 22.1. The van der Waals surface area contributed by atoms with Gasteiger partial charge in [-0.15, -0.1) is 0 Å². The van der Waals surface area contributed by atoms with E-state index >= 15 is 0 Å². The molecule has 0 aromatic carbocycles. The Morgan fingerprint density at radius 2 is 2.29 bits per heavy atom. The maximum absolute atomic E-state index is 4.37. The number of hydrogen-bond acceptors (Lipinski definition) is 3. The molecule has 94 valence electrons. The van der Waals surface area contributed by atoms with Gasteiger partial charge in [0.15, 0.2) is 0 Å². The van der Waals surface area contributed by atoms with E-state index in [-0.39, 0.29) is 0 Å². The lowest BCUT2D eigenvalue weighted by Crippen LogP contribution is -2.32. The summed E-state index contributed by atoms with van der Waals surface area (Å²) in [7, 11) is 1.94. The molecule has 0 spiro atoms. The van der Waals surface area contributed by atoms with Crippen molar-refractivity contribution < 1.29 is 0 Å². The molecule has 1 unspecified atom stereocenters. The second-order valence-corrected chi connectivity index (χ2v) is 4.93. The minimum absolute atomic E-state index is 0.697. The quantitative estimate of drug-likeness (QED) is 0.870. The van der Waals surface area contributed by atoms with E-state index in [4.69, 9.17) is 0 Å². The minimum atomic E-state index is 0.697. The van der Waals surface area contributed by atoms with Gasteiger partial charge < -0.3 is 5.32 Å². The lowest BCUT2D eigenvalue weighted by molar-refractivity contribution is 0.205. The van der Waals surface area contributed by atoms with Gasteiger partial charge in [0.05, 0.1) is 0 Å². The third kappa shape index (κ3) is 3.19. The van der Waals surface area contributed by atoms with Crippen LogP contribution in [0.1, 0.15) is 38.2 Å². The minimum Gasteiger partial charge on any atom is -0.373 e. The number of anilines is 1. The second-order valence-electron chi connectivity index (χ2n) is 4.93. The monoisotopic (exact) mass is 233 g/mol. The Labute approximate surface area is 104 Å². The molecule has 0 radical (unpaired) electrons. The van der Waals surface area contributed by atoms with Gasteiger partial charge in [-0.2, -0.15) is 0 Å². The molecule has 1 aliphatic rings. The van der Waals surface area contributed by atoms with Crippen molar-refractivity contribution in [3.05, 3.63) is 23.9 Å². The van der Waals surface area contributed by atoms with Gasteiger partial charge in [-0.25, -0.2) is 4.98 Å². The molecule has 0 amide bonds. The van der Waals surface area contributed by atoms with Crippen LogP contribution < -0.4 is 5.32 Å². The van der Waals surface area contributed by atoms with Crippen LogP contribution in [0, 0.1) is 0 Å². The van der Waals surface area contributed by atoms with Crippen LogP contribution in [-0.2, 0) is 6.54 Å². The van der Waals surface area contributed by atoms with E-state index in [1.165, 1.54) is 37.8 Å². The lowest BCUT2D eigenvalue weighted by atomic mass is 10.1. The van der Waals surface area contributed by atoms with Crippen molar-refractivity contribution in [2.24, 2.45) is 0 Å². The third-order valence-electron chi connectivity index (χ3n) is 3.69. The van der Waals surface area contributed by atoms with Crippen LogP contribution in [0.2, 0.25) is 0 Å². The summed E-state index contributed by atoms with van der Waals surface area (Å²) in [6.07, 6.45) is 7.27. The highest BCUT2D eigenvalue weighted by molar-refractivity contribution is 5.42. The Balaban J connectivity index is 2.07. The molecule has 2 rings (SSSR count). The number of likely N-dealkylation sites (tertiary alicyclic amines) is 1. The maximum Gasteiger partial charge on any atom is 0.130 e. The Kier molecular flexibility index (Phi) is 4.37. The molecule has 1 N–H and O–H groups in total. The summed E-state index contributed by atoms with van der Waals surface area (Å²) >= 11 is 0. The molecular weight excluding hydrogens is 210 g/mol. The first kappa shape index (κ1) is 12.4. The summed E-state index contributed by atoms with van der Waals surface area (Å²) in [4.78, 5) is 6.96. The molecule has 1 saturated heterocycles. The van der Waals surface area contributed by atoms with Crippen molar-refractivity contribution in [1.82, 2.24) is 9.88 Å². The first-order valence-corrected chi connectivity index (χ1v) is 6.67. The summed E-state index contributed by atoms with van der Waals surface area (Å²) < 4.78 is 0. The van der Waals surface area contributed by atoms with Crippen molar-refractivity contribution in [3.8, 4) is 0 Å². The van der Waals surface area contributed by atoms with Gasteiger partial charge >= 0.3 is 0 Å². The average Bonchev–Trinajstić information content (AvgIpc) is 2.56. The molecule has 17 heavy (non-hydrogen) atoms. The molecule has 0 saturated carbocycles. The predicted molar refractivity (Wildman–Crippen MR) is 72.1 cm³/mol. The number of nitrogens with zero attached hydrogens (tertiary/aromatic N) is 2. The van der Waals surface area contributed by atoms with E-state index in [0.717, 1.165) is 12.4 Å². The highest BCUT2D eigenvalue weighted by atomic mass is 15.2. The number of aromatic nitrogens is 1. The van der Waals surface area contributed by atoms with Crippen molar-refractivity contribution in [3.63, 3.8) is 0 Å². The molecule has 0 aliphatic carbocycles. The van der Waals surface area contributed by atoms with Gasteiger partial charge in [-0.3, -0.25) is 4.90 Å². The van der Waals surface area contributed by atoms with Gasteiger partial charge in [0.25, 0.3) is 0 Å². The van der Waals surface area contributed by atoms with E-state index in [2.05, 4.69) is 28.2 Å². The number of pyridine rings is 1. The van der Waals surface area contributed by atoms with Crippen molar-refractivity contribution in [2.45, 2.75) is 45.2 Å². The first-order chi connectivity index (χ1) is 8.31. The van der Waals surface area contributed by atoms with E-state index in [1.54, 1.807) is 0 Å². The Hall–Kier alpha value is -1.09. The molecule has 1 aromatic heterocycles. The van der Waals surface area contributed by atoms with Crippen molar-refractivity contribution >= 4 is 5.82 Å². The first-order valence-electron chi connectivity index (χ1n) is 6.67. The summed E-state index contributed by atoms with van der Waals surface area (Å²) in [5, 5.41) is 3.18. The lowest BCUT2D eigenvalue weighted by Gasteiger charge is -2.27. The smallest absolute Gasteiger partial charge is 0.130 e. The number of hydrogen-bond donors (Lipinski definition) is 1. The van der Waals surface area contributed by atoms with Crippen molar-refractivity contribution in [2.75, 3.05) is 18.9 Å². The summed E-state index contributed by atoms with van der Waals surface area (Å²) in [6, 6.07) is 4.90. The van der Waals surface area contributed by atoms with Crippen LogP contribution >= 0.6 is 0 Å². The SMILES string of the molecule is CNc1ncccc1CN1CCCCCC1C. The largest absolute Gasteiger partial charge is 0.373 e. The van der Waals surface area contributed by atoms with Gasteiger partial charge in [0, 0.05) is 31.4 Å². The van der Waals surface area contributed by atoms with Crippen LogP contribution in [0.4, 0.5) is 5.82 Å². The highest BCUT2D eigenvalue weighted by Gasteiger charge is 2.17. The van der Waals surface area contributed by atoms with Crippen LogP contribution in [0.3, 0.4) is 0 Å². The van der Waals surface area contributed by atoms with Crippen LogP contribution in [0.5, 0.6) is 0 Å². The maximum atomic E-state index is 4.37. The topological polar surface area (TPSA) is 28.2 Å². The zero-order chi connectivity index (χ0) is 12.1. The number of nitrogens with one attached hydrogen (secondary N) is 1. The van der Waals surface area contributed by atoms with Gasteiger partial charge in [0.2, 0.25) is 0 Å². The second kappa shape index (κ2) is 6.01. The molecule has 1 fully saturated rings. The Morgan fingerprint density at radius 3 is 3.12 bits per heavy atom. The standard InChI is InChI=1S/C14H23N3/c1-12-7-4-3-5-10-17(12)11-13-8-6-9-16-14(13)15-2/h6,8-9,12H,3-5,7,10-11H2,1-2H3,(H,15,16). The summed E-state index contributed by atoms with van der Waals surface area (Å²) in [5.41, 5.74) is 1.31. The van der Waals surface area contributed by atoms with Gasteiger partial charge in [0.1, 0.15) is 5.82 Å². The summed E-state index contributed by atoms with van der Waals surface area (Å²) in [6.45, 7) is 4.59. The molecule has 0 bridgehead atoms.